The smallest absolute Gasteiger partial charge is 0.320 e. The molecule has 2 unspecified atom stereocenters. The molecule has 2 heterocycles. The molecule has 5 heteroatoms. The largest absolute Gasteiger partial charge is 0.496 e. The molecule has 0 amide bonds. The van der Waals surface area contributed by atoms with Crippen molar-refractivity contribution in [3.05, 3.63) is 51.7 Å². The average molecular weight is 345 g/mol. The number of ether oxygens (including phenoxy) is 1. The highest BCUT2D eigenvalue weighted by atomic mass is 32.1. The summed E-state index contributed by atoms with van der Waals surface area (Å²) in [4.78, 5) is 16.4. The summed E-state index contributed by atoms with van der Waals surface area (Å²) in [5.41, 5.74) is 1.04. The SMILES string of the molecule is COc1ccccc1C(c1ccc(C)s1)N1CCCCC1C(=O)O. The van der Waals surface area contributed by atoms with Gasteiger partial charge in [0.1, 0.15) is 11.8 Å². The Balaban J connectivity index is 2.09. The van der Waals surface area contributed by atoms with E-state index in [1.165, 1.54) is 9.75 Å². The number of nitrogens with zero attached hydrogens (tertiary/aromatic N) is 1. The molecule has 24 heavy (non-hydrogen) atoms. The molecule has 1 saturated heterocycles. The predicted molar refractivity (Wildman–Crippen MR) is 95.9 cm³/mol. The van der Waals surface area contributed by atoms with Gasteiger partial charge in [0, 0.05) is 15.3 Å². The molecule has 2 aromatic rings. The number of hydrogen-bond acceptors (Lipinski definition) is 4. The van der Waals surface area contributed by atoms with Gasteiger partial charge in [-0.25, -0.2) is 0 Å². The summed E-state index contributed by atoms with van der Waals surface area (Å²) in [6, 6.07) is 11.6. The molecule has 0 radical (unpaired) electrons. The van der Waals surface area contributed by atoms with Gasteiger partial charge < -0.3 is 9.84 Å². The van der Waals surface area contributed by atoms with Gasteiger partial charge in [0.15, 0.2) is 0 Å². The fourth-order valence-electron chi connectivity index (χ4n) is 3.52. The molecule has 4 nitrogen and oxygen atoms in total. The lowest BCUT2D eigenvalue weighted by Crippen LogP contribution is -2.46. The van der Waals surface area contributed by atoms with Crippen LogP contribution in [-0.4, -0.2) is 35.7 Å². The van der Waals surface area contributed by atoms with Crippen LogP contribution in [0, 0.1) is 6.92 Å². The molecule has 1 aromatic heterocycles. The van der Waals surface area contributed by atoms with Crippen LogP contribution in [0.1, 0.15) is 40.6 Å². The second-order valence-corrected chi connectivity index (χ2v) is 7.50. The number of rotatable bonds is 5. The topological polar surface area (TPSA) is 49.8 Å². The van der Waals surface area contributed by atoms with E-state index in [0.29, 0.717) is 6.42 Å². The Bertz CT molecular complexity index is 712. The van der Waals surface area contributed by atoms with Crippen LogP contribution in [0.25, 0.3) is 0 Å². The van der Waals surface area contributed by atoms with Crippen LogP contribution in [0.15, 0.2) is 36.4 Å². The summed E-state index contributed by atoms with van der Waals surface area (Å²) >= 11 is 1.73. The van der Waals surface area contributed by atoms with Gasteiger partial charge in [0.25, 0.3) is 0 Å². The maximum Gasteiger partial charge on any atom is 0.320 e. The molecule has 1 aromatic carbocycles. The highest BCUT2D eigenvalue weighted by molar-refractivity contribution is 7.12. The lowest BCUT2D eigenvalue weighted by atomic mass is 9.95. The van der Waals surface area contributed by atoms with Gasteiger partial charge in [0.05, 0.1) is 13.2 Å². The van der Waals surface area contributed by atoms with Gasteiger partial charge in [-0.1, -0.05) is 24.6 Å². The fraction of sp³-hybridized carbons (Fsp3) is 0.421. The second kappa shape index (κ2) is 7.36. The summed E-state index contributed by atoms with van der Waals surface area (Å²) < 4.78 is 5.57. The van der Waals surface area contributed by atoms with Crippen molar-refractivity contribution >= 4 is 17.3 Å². The van der Waals surface area contributed by atoms with E-state index in [4.69, 9.17) is 4.74 Å². The van der Waals surface area contributed by atoms with Crippen LogP contribution in [0.5, 0.6) is 5.75 Å². The number of methoxy groups -OCH3 is 1. The number of para-hydroxylation sites is 1. The molecule has 1 N–H and O–H groups in total. The molecule has 2 atom stereocenters. The Morgan fingerprint density at radius 2 is 2.08 bits per heavy atom. The number of hydrogen-bond donors (Lipinski definition) is 1. The number of piperidine rings is 1. The number of thiophene rings is 1. The van der Waals surface area contributed by atoms with E-state index in [1.54, 1.807) is 18.4 Å². The molecule has 0 saturated carbocycles. The van der Waals surface area contributed by atoms with Gasteiger partial charge in [-0.3, -0.25) is 9.69 Å². The summed E-state index contributed by atoms with van der Waals surface area (Å²) in [6.45, 7) is 2.87. The quantitative estimate of drug-likeness (QED) is 0.886. The number of carboxylic acid groups (broad SMARTS) is 1. The normalized spacial score (nSPS) is 19.8. The van der Waals surface area contributed by atoms with Crippen LogP contribution in [0.2, 0.25) is 0 Å². The van der Waals surface area contributed by atoms with Crippen LogP contribution < -0.4 is 4.74 Å². The number of benzene rings is 1. The minimum absolute atomic E-state index is 0.0822. The van der Waals surface area contributed by atoms with Crippen molar-refractivity contribution in [2.75, 3.05) is 13.7 Å². The van der Waals surface area contributed by atoms with Crippen LogP contribution in [0.4, 0.5) is 0 Å². The van der Waals surface area contributed by atoms with Crippen LogP contribution in [-0.2, 0) is 4.79 Å². The van der Waals surface area contributed by atoms with E-state index in [9.17, 15) is 9.90 Å². The van der Waals surface area contributed by atoms with Crippen LogP contribution >= 0.6 is 11.3 Å². The summed E-state index contributed by atoms with van der Waals surface area (Å²) in [5.74, 6) is 0.0751. The molecule has 1 aliphatic rings. The van der Waals surface area contributed by atoms with Crippen molar-refractivity contribution in [3.8, 4) is 5.75 Å². The third kappa shape index (κ3) is 3.32. The highest BCUT2D eigenvalue weighted by Crippen LogP contribution is 2.40. The van der Waals surface area contributed by atoms with Gasteiger partial charge in [-0.05, 0) is 44.5 Å². The van der Waals surface area contributed by atoms with Crippen molar-refractivity contribution in [1.29, 1.82) is 0 Å². The Hall–Kier alpha value is -1.85. The Morgan fingerprint density at radius 1 is 1.29 bits per heavy atom. The third-order valence-corrected chi connectivity index (χ3v) is 5.68. The average Bonchev–Trinajstić information content (AvgIpc) is 3.02. The number of carbonyl (C=O) groups is 1. The summed E-state index contributed by atoms with van der Waals surface area (Å²) in [5, 5.41) is 9.71. The number of carboxylic acids is 1. The third-order valence-electron chi connectivity index (χ3n) is 4.63. The number of aliphatic carboxylic acids is 1. The number of likely N-dealkylation sites (tertiary alicyclic amines) is 1. The van der Waals surface area contributed by atoms with E-state index in [1.807, 2.05) is 24.3 Å². The predicted octanol–water partition coefficient (Wildman–Crippen LogP) is 4.09. The Labute approximate surface area is 146 Å². The summed E-state index contributed by atoms with van der Waals surface area (Å²) in [7, 11) is 1.67. The molecular weight excluding hydrogens is 322 g/mol. The zero-order valence-corrected chi connectivity index (χ0v) is 14.9. The lowest BCUT2D eigenvalue weighted by Gasteiger charge is -2.39. The first-order valence-electron chi connectivity index (χ1n) is 8.29. The maximum absolute atomic E-state index is 11.8. The van der Waals surface area contributed by atoms with Crippen molar-refractivity contribution in [2.45, 2.75) is 38.3 Å². The van der Waals surface area contributed by atoms with E-state index < -0.39 is 12.0 Å². The first-order valence-corrected chi connectivity index (χ1v) is 9.11. The Kier molecular flexibility index (Phi) is 5.21. The van der Waals surface area contributed by atoms with E-state index in [2.05, 4.69) is 24.0 Å². The van der Waals surface area contributed by atoms with Crippen molar-refractivity contribution in [1.82, 2.24) is 4.90 Å². The fourth-order valence-corrected chi connectivity index (χ4v) is 4.53. The number of aryl methyl sites for hydroxylation is 1. The van der Waals surface area contributed by atoms with Crippen LogP contribution in [0.3, 0.4) is 0 Å². The molecular formula is C19H23NO3S. The van der Waals surface area contributed by atoms with E-state index in [-0.39, 0.29) is 6.04 Å². The maximum atomic E-state index is 11.8. The zero-order chi connectivity index (χ0) is 17.1. The summed E-state index contributed by atoms with van der Waals surface area (Å²) in [6.07, 6.45) is 2.70. The second-order valence-electron chi connectivity index (χ2n) is 6.18. The van der Waals surface area contributed by atoms with Gasteiger partial charge >= 0.3 is 5.97 Å². The zero-order valence-electron chi connectivity index (χ0n) is 14.1. The van der Waals surface area contributed by atoms with Gasteiger partial charge in [-0.2, -0.15) is 0 Å². The molecule has 3 rings (SSSR count). The van der Waals surface area contributed by atoms with E-state index >= 15 is 0 Å². The first-order chi connectivity index (χ1) is 11.6. The van der Waals surface area contributed by atoms with Crippen molar-refractivity contribution in [2.24, 2.45) is 0 Å². The van der Waals surface area contributed by atoms with Crippen molar-refractivity contribution < 1.29 is 14.6 Å². The molecule has 1 aliphatic heterocycles. The van der Waals surface area contributed by atoms with Gasteiger partial charge in [0.2, 0.25) is 0 Å². The molecule has 128 valence electrons. The first kappa shape index (κ1) is 17.0. The molecule has 1 fully saturated rings. The van der Waals surface area contributed by atoms with Crippen molar-refractivity contribution in [3.63, 3.8) is 0 Å². The minimum atomic E-state index is -0.733. The molecule has 0 bridgehead atoms. The molecule has 0 spiro atoms. The van der Waals surface area contributed by atoms with Gasteiger partial charge in [-0.15, -0.1) is 11.3 Å². The highest BCUT2D eigenvalue weighted by Gasteiger charge is 2.36. The Morgan fingerprint density at radius 3 is 2.75 bits per heavy atom. The minimum Gasteiger partial charge on any atom is -0.496 e. The monoisotopic (exact) mass is 345 g/mol. The van der Waals surface area contributed by atoms with E-state index in [0.717, 1.165) is 30.7 Å². The lowest BCUT2D eigenvalue weighted by molar-refractivity contribution is -0.145. The standard InChI is InChI=1S/C19H23NO3S/c1-13-10-11-17(24-13)18(14-7-3-4-9-16(14)23-2)20-12-6-5-8-15(20)19(21)22/h3-4,7,9-11,15,18H,5-6,8,12H2,1-2H3,(H,21,22). The molecule has 0 aliphatic carbocycles.